The third-order valence-corrected chi connectivity index (χ3v) is 4.53. The second kappa shape index (κ2) is 5.14. The lowest BCUT2D eigenvalue weighted by molar-refractivity contribution is 0.521. The SMILES string of the molecule is Cc1ccn2nc(NCCS(=O)(=O)N(C)C)nc2c1. The minimum atomic E-state index is -3.20. The van der Waals surface area contributed by atoms with E-state index in [1.54, 1.807) is 4.52 Å². The predicted molar refractivity (Wildman–Crippen MR) is 73.7 cm³/mol. The number of hydrogen-bond acceptors (Lipinski definition) is 5. The summed E-state index contributed by atoms with van der Waals surface area (Å²) < 4.78 is 26.0. The topological polar surface area (TPSA) is 79.6 Å². The van der Waals surface area contributed by atoms with Crippen molar-refractivity contribution >= 4 is 21.6 Å². The van der Waals surface area contributed by atoms with E-state index in [1.807, 2.05) is 25.3 Å². The van der Waals surface area contributed by atoms with Crippen LogP contribution in [-0.2, 0) is 10.0 Å². The quantitative estimate of drug-likeness (QED) is 0.856. The first-order valence-corrected chi connectivity index (χ1v) is 7.46. The predicted octanol–water partition coefficient (Wildman–Crippen LogP) is 0.341. The van der Waals surface area contributed by atoms with Crippen LogP contribution in [0.3, 0.4) is 0 Å². The molecule has 0 spiro atoms. The van der Waals surface area contributed by atoms with Gasteiger partial charge >= 0.3 is 0 Å². The lowest BCUT2D eigenvalue weighted by atomic mass is 10.3. The number of anilines is 1. The van der Waals surface area contributed by atoms with Crippen molar-refractivity contribution in [2.75, 3.05) is 31.7 Å². The van der Waals surface area contributed by atoms with Crippen LogP contribution in [0.5, 0.6) is 0 Å². The average Bonchev–Trinajstić information content (AvgIpc) is 2.70. The van der Waals surface area contributed by atoms with Crippen molar-refractivity contribution in [2.24, 2.45) is 0 Å². The van der Waals surface area contributed by atoms with Gasteiger partial charge in [-0.25, -0.2) is 17.2 Å². The normalized spacial score (nSPS) is 12.2. The Kier molecular flexibility index (Phi) is 3.72. The van der Waals surface area contributed by atoms with Crippen molar-refractivity contribution in [3.05, 3.63) is 23.9 Å². The molecule has 0 amide bonds. The number of hydrogen-bond donors (Lipinski definition) is 1. The Bertz CT molecular complexity index is 677. The largest absolute Gasteiger partial charge is 0.352 e. The summed E-state index contributed by atoms with van der Waals surface area (Å²) >= 11 is 0. The highest BCUT2D eigenvalue weighted by atomic mass is 32.2. The second-order valence-electron chi connectivity index (χ2n) is 4.47. The molecule has 0 aliphatic carbocycles. The number of aryl methyl sites for hydroxylation is 1. The Morgan fingerprint density at radius 1 is 1.42 bits per heavy atom. The minimum Gasteiger partial charge on any atom is -0.352 e. The molecule has 0 bridgehead atoms. The highest BCUT2D eigenvalue weighted by molar-refractivity contribution is 7.89. The summed E-state index contributed by atoms with van der Waals surface area (Å²) in [6.07, 6.45) is 1.82. The van der Waals surface area contributed by atoms with Crippen LogP contribution in [0.25, 0.3) is 5.65 Å². The summed E-state index contributed by atoms with van der Waals surface area (Å²) in [4.78, 5) is 4.27. The number of aromatic nitrogens is 3. The zero-order valence-electron chi connectivity index (χ0n) is 11.2. The molecule has 2 aromatic rings. The molecule has 2 rings (SSSR count). The van der Waals surface area contributed by atoms with Gasteiger partial charge < -0.3 is 5.32 Å². The Hall–Kier alpha value is -1.67. The van der Waals surface area contributed by atoms with Crippen LogP contribution < -0.4 is 5.32 Å². The van der Waals surface area contributed by atoms with Crippen LogP contribution >= 0.6 is 0 Å². The summed E-state index contributed by atoms with van der Waals surface area (Å²) in [5.74, 6) is 0.439. The Morgan fingerprint density at radius 3 is 2.84 bits per heavy atom. The van der Waals surface area contributed by atoms with Gasteiger partial charge in [0.1, 0.15) is 0 Å². The van der Waals surface area contributed by atoms with Gasteiger partial charge in [0, 0.05) is 26.8 Å². The van der Waals surface area contributed by atoms with Crippen LogP contribution in [0, 0.1) is 6.92 Å². The van der Waals surface area contributed by atoms with E-state index < -0.39 is 10.0 Å². The molecule has 0 radical (unpaired) electrons. The lowest BCUT2D eigenvalue weighted by Crippen LogP contribution is -2.28. The van der Waals surface area contributed by atoms with E-state index in [4.69, 9.17) is 0 Å². The fourth-order valence-electron chi connectivity index (χ4n) is 1.53. The molecule has 19 heavy (non-hydrogen) atoms. The van der Waals surface area contributed by atoms with Gasteiger partial charge in [-0.1, -0.05) is 0 Å². The molecule has 0 atom stereocenters. The van der Waals surface area contributed by atoms with Gasteiger partial charge in [0.25, 0.3) is 0 Å². The molecule has 0 saturated heterocycles. The van der Waals surface area contributed by atoms with Crippen molar-refractivity contribution in [1.82, 2.24) is 18.9 Å². The molecule has 7 nitrogen and oxygen atoms in total. The molecule has 8 heteroatoms. The number of rotatable bonds is 5. The zero-order valence-corrected chi connectivity index (χ0v) is 12.0. The smallest absolute Gasteiger partial charge is 0.243 e. The number of sulfonamides is 1. The highest BCUT2D eigenvalue weighted by Gasteiger charge is 2.13. The van der Waals surface area contributed by atoms with Gasteiger partial charge in [-0.3, -0.25) is 0 Å². The van der Waals surface area contributed by atoms with E-state index in [0.29, 0.717) is 5.95 Å². The Labute approximate surface area is 112 Å². The molecular weight excluding hydrogens is 266 g/mol. The Balaban J connectivity index is 2.03. The third kappa shape index (κ3) is 3.21. The van der Waals surface area contributed by atoms with Gasteiger partial charge in [0.05, 0.1) is 5.75 Å². The van der Waals surface area contributed by atoms with Crippen LogP contribution in [0.4, 0.5) is 5.95 Å². The third-order valence-electron chi connectivity index (χ3n) is 2.69. The minimum absolute atomic E-state index is 0.00851. The van der Waals surface area contributed by atoms with Gasteiger partial charge in [0.2, 0.25) is 16.0 Å². The fraction of sp³-hybridized carbons (Fsp3) is 0.455. The highest BCUT2D eigenvalue weighted by Crippen LogP contribution is 2.07. The maximum atomic E-state index is 11.6. The van der Waals surface area contributed by atoms with E-state index in [1.165, 1.54) is 18.4 Å². The molecule has 0 saturated carbocycles. The number of fused-ring (bicyclic) bond motifs is 1. The molecule has 0 unspecified atom stereocenters. The van der Waals surface area contributed by atoms with Crippen molar-refractivity contribution in [3.8, 4) is 0 Å². The van der Waals surface area contributed by atoms with Crippen LogP contribution in [0.1, 0.15) is 5.56 Å². The number of nitrogens with one attached hydrogen (secondary N) is 1. The van der Waals surface area contributed by atoms with Gasteiger partial charge in [0.15, 0.2) is 5.65 Å². The monoisotopic (exact) mass is 283 g/mol. The number of pyridine rings is 1. The van der Waals surface area contributed by atoms with Crippen molar-refractivity contribution < 1.29 is 8.42 Å². The van der Waals surface area contributed by atoms with E-state index in [-0.39, 0.29) is 12.3 Å². The first-order chi connectivity index (χ1) is 8.88. The van der Waals surface area contributed by atoms with Crippen LogP contribution in [0.15, 0.2) is 18.3 Å². The van der Waals surface area contributed by atoms with Gasteiger partial charge in [-0.2, -0.15) is 4.98 Å². The molecule has 2 heterocycles. The first-order valence-electron chi connectivity index (χ1n) is 5.85. The number of nitrogens with zero attached hydrogens (tertiary/aromatic N) is 4. The fourth-order valence-corrected chi connectivity index (χ4v) is 2.26. The molecule has 0 fully saturated rings. The van der Waals surface area contributed by atoms with E-state index in [9.17, 15) is 8.42 Å². The summed E-state index contributed by atoms with van der Waals surface area (Å²) in [5.41, 5.74) is 1.83. The summed E-state index contributed by atoms with van der Waals surface area (Å²) in [6, 6.07) is 3.84. The van der Waals surface area contributed by atoms with E-state index in [2.05, 4.69) is 15.4 Å². The summed E-state index contributed by atoms with van der Waals surface area (Å²) in [7, 11) is -0.166. The average molecular weight is 283 g/mol. The summed E-state index contributed by atoms with van der Waals surface area (Å²) in [5, 5.41) is 7.12. The maximum Gasteiger partial charge on any atom is 0.243 e. The second-order valence-corrected chi connectivity index (χ2v) is 6.77. The molecule has 2 aromatic heterocycles. The Morgan fingerprint density at radius 2 is 2.16 bits per heavy atom. The van der Waals surface area contributed by atoms with Gasteiger partial charge in [-0.15, -0.1) is 5.10 Å². The standard InChI is InChI=1S/C11H17N5O2S/c1-9-4-6-16-10(8-9)13-11(14-16)12-5-7-19(17,18)15(2)3/h4,6,8H,5,7H2,1-3H3,(H,12,14). The zero-order chi connectivity index (χ0) is 14.0. The van der Waals surface area contributed by atoms with Crippen LogP contribution in [-0.4, -0.2) is 53.7 Å². The summed E-state index contributed by atoms with van der Waals surface area (Å²) in [6.45, 7) is 2.25. The van der Waals surface area contributed by atoms with Crippen molar-refractivity contribution in [2.45, 2.75) is 6.92 Å². The molecule has 0 aliphatic rings. The van der Waals surface area contributed by atoms with Crippen LogP contribution in [0.2, 0.25) is 0 Å². The van der Waals surface area contributed by atoms with Crippen molar-refractivity contribution in [3.63, 3.8) is 0 Å². The molecule has 1 N–H and O–H groups in total. The first kappa shape index (κ1) is 13.8. The van der Waals surface area contributed by atoms with E-state index >= 15 is 0 Å². The van der Waals surface area contributed by atoms with E-state index in [0.717, 1.165) is 11.2 Å². The molecule has 0 aromatic carbocycles. The maximum absolute atomic E-state index is 11.6. The lowest BCUT2D eigenvalue weighted by Gasteiger charge is -2.10. The van der Waals surface area contributed by atoms with Crippen molar-refractivity contribution in [1.29, 1.82) is 0 Å². The molecular formula is C11H17N5O2S. The van der Waals surface area contributed by atoms with Gasteiger partial charge in [-0.05, 0) is 24.6 Å². The molecule has 0 aliphatic heterocycles. The molecule has 104 valence electrons.